The van der Waals surface area contributed by atoms with Gasteiger partial charge < -0.3 is 5.32 Å². The standard InChI is InChI=1S/C18H22N2O4S2/c1-2-14-5-7-16(8-6-14)26(23,24)18-13-25(21,22)12-17(18)20-11-15-4-3-9-19-10-15/h3-10,17-18,20H,2,11-13H2,1H3/t17-,18+/m0/s1. The van der Waals surface area contributed by atoms with Crippen molar-refractivity contribution in [2.24, 2.45) is 0 Å². The average molecular weight is 395 g/mol. The molecule has 26 heavy (non-hydrogen) atoms. The van der Waals surface area contributed by atoms with E-state index in [2.05, 4.69) is 10.3 Å². The molecule has 1 aromatic carbocycles. The minimum absolute atomic E-state index is 0.171. The van der Waals surface area contributed by atoms with E-state index in [1.807, 2.05) is 13.0 Å². The molecular weight excluding hydrogens is 372 g/mol. The fraction of sp³-hybridized carbons (Fsp3) is 0.389. The number of pyridine rings is 1. The van der Waals surface area contributed by atoms with Crippen LogP contribution in [0.1, 0.15) is 18.1 Å². The van der Waals surface area contributed by atoms with Gasteiger partial charge in [0.15, 0.2) is 19.7 Å². The van der Waals surface area contributed by atoms with Gasteiger partial charge in [0.25, 0.3) is 0 Å². The van der Waals surface area contributed by atoms with Gasteiger partial charge in [-0.15, -0.1) is 0 Å². The number of aryl methyl sites for hydroxylation is 1. The second kappa shape index (κ2) is 7.46. The van der Waals surface area contributed by atoms with Gasteiger partial charge in [0.2, 0.25) is 0 Å². The van der Waals surface area contributed by atoms with Gasteiger partial charge in [0, 0.05) is 25.0 Å². The Morgan fingerprint density at radius 1 is 1.12 bits per heavy atom. The summed E-state index contributed by atoms with van der Waals surface area (Å²) < 4.78 is 50.3. The number of rotatable bonds is 6. The smallest absolute Gasteiger partial charge is 0.183 e. The molecule has 1 aliphatic heterocycles. The molecule has 0 amide bonds. The summed E-state index contributed by atoms with van der Waals surface area (Å²) in [6, 6.07) is 9.68. The maximum Gasteiger partial charge on any atom is 0.183 e. The van der Waals surface area contributed by atoms with E-state index in [4.69, 9.17) is 0 Å². The van der Waals surface area contributed by atoms with E-state index in [1.165, 1.54) is 0 Å². The average Bonchev–Trinajstić information content (AvgIpc) is 2.96. The van der Waals surface area contributed by atoms with Gasteiger partial charge in [0.05, 0.1) is 21.7 Å². The molecule has 0 aliphatic carbocycles. The van der Waals surface area contributed by atoms with E-state index in [0.717, 1.165) is 17.5 Å². The zero-order valence-electron chi connectivity index (χ0n) is 14.5. The number of benzene rings is 1. The number of aromatic nitrogens is 1. The van der Waals surface area contributed by atoms with Crippen LogP contribution in [0.15, 0.2) is 53.7 Å². The first kappa shape index (κ1) is 19.0. The van der Waals surface area contributed by atoms with Crippen molar-refractivity contribution in [2.45, 2.75) is 36.1 Å². The number of sulfone groups is 2. The molecule has 2 heterocycles. The number of nitrogens with one attached hydrogen (secondary N) is 1. The SMILES string of the molecule is CCc1ccc(S(=O)(=O)[C@@H]2CS(=O)(=O)C[C@@H]2NCc2cccnc2)cc1. The molecule has 140 valence electrons. The van der Waals surface area contributed by atoms with Gasteiger partial charge in [-0.3, -0.25) is 4.98 Å². The maximum absolute atomic E-state index is 13.0. The predicted octanol–water partition coefficient (Wildman–Crippen LogP) is 1.37. The van der Waals surface area contributed by atoms with Crippen molar-refractivity contribution in [3.8, 4) is 0 Å². The Morgan fingerprint density at radius 2 is 1.85 bits per heavy atom. The fourth-order valence-electron chi connectivity index (χ4n) is 3.15. The number of hydrogen-bond acceptors (Lipinski definition) is 6. The van der Waals surface area contributed by atoms with Crippen LogP contribution in [-0.4, -0.2) is 44.6 Å². The molecule has 8 heteroatoms. The third-order valence-electron chi connectivity index (χ3n) is 4.65. The van der Waals surface area contributed by atoms with Crippen molar-refractivity contribution in [2.75, 3.05) is 11.5 Å². The highest BCUT2D eigenvalue weighted by atomic mass is 32.2. The fourth-order valence-corrected chi connectivity index (χ4v) is 7.87. The van der Waals surface area contributed by atoms with Crippen molar-refractivity contribution in [3.63, 3.8) is 0 Å². The Bertz CT molecular complexity index is 956. The van der Waals surface area contributed by atoms with E-state index in [-0.39, 0.29) is 16.4 Å². The van der Waals surface area contributed by atoms with E-state index < -0.39 is 31.0 Å². The zero-order valence-corrected chi connectivity index (χ0v) is 16.1. The Kier molecular flexibility index (Phi) is 5.45. The van der Waals surface area contributed by atoms with Crippen LogP contribution < -0.4 is 5.32 Å². The zero-order chi connectivity index (χ0) is 18.8. The highest BCUT2D eigenvalue weighted by Crippen LogP contribution is 2.26. The molecular formula is C18H22N2O4S2. The number of hydrogen-bond donors (Lipinski definition) is 1. The second-order valence-electron chi connectivity index (χ2n) is 6.51. The Morgan fingerprint density at radius 3 is 2.46 bits per heavy atom. The monoisotopic (exact) mass is 394 g/mol. The van der Waals surface area contributed by atoms with Crippen LogP contribution in [0, 0.1) is 0 Å². The Labute approximate surface area is 154 Å². The van der Waals surface area contributed by atoms with Gasteiger partial charge >= 0.3 is 0 Å². The Balaban J connectivity index is 1.84. The Hall–Kier alpha value is -1.77. The van der Waals surface area contributed by atoms with Crippen molar-refractivity contribution >= 4 is 19.7 Å². The normalized spacial score (nSPS) is 22.3. The summed E-state index contributed by atoms with van der Waals surface area (Å²) in [5.41, 5.74) is 1.91. The summed E-state index contributed by atoms with van der Waals surface area (Å²) in [5.74, 6) is -0.528. The van der Waals surface area contributed by atoms with Crippen LogP contribution in [0.5, 0.6) is 0 Å². The van der Waals surface area contributed by atoms with Crippen LogP contribution >= 0.6 is 0 Å². The first-order chi connectivity index (χ1) is 12.3. The summed E-state index contributed by atoms with van der Waals surface area (Å²) in [6.07, 6.45) is 4.13. The minimum atomic E-state index is -3.75. The molecule has 1 saturated heterocycles. The van der Waals surface area contributed by atoms with Gasteiger partial charge in [-0.05, 0) is 35.7 Å². The molecule has 0 spiro atoms. The highest BCUT2D eigenvalue weighted by molar-refractivity contribution is 7.96. The molecule has 0 bridgehead atoms. The largest absolute Gasteiger partial charge is 0.308 e. The van der Waals surface area contributed by atoms with Crippen LogP contribution in [-0.2, 0) is 32.6 Å². The lowest BCUT2D eigenvalue weighted by molar-refractivity contribution is 0.525. The molecule has 3 rings (SSSR count). The third kappa shape index (κ3) is 4.13. The first-order valence-electron chi connectivity index (χ1n) is 8.47. The lowest BCUT2D eigenvalue weighted by Crippen LogP contribution is -2.43. The second-order valence-corrected chi connectivity index (χ2v) is 10.8. The molecule has 0 unspecified atom stereocenters. The molecule has 2 aromatic rings. The molecule has 1 N–H and O–H groups in total. The maximum atomic E-state index is 13.0. The predicted molar refractivity (Wildman–Crippen MR) is 100 cm³/mol. The number of nitrogens with zero attached hydrogens (tertiary/aromatic N) is 1. The first-order valence-corrected chi connectivity index (χ1v) is 11.8. The van der Waals surface area contributed by atoms with Crippen LogP contribution in [0.4, 0.5) is 0 Å². The third-order valence-corrected chi connectivity index (χ3v) is 8.82. The van der Waals surface area contributed by atoms with Crippen LogP contribution in [0.2, 0.25) is 0 Å². The summed E-state index contributed by atoms with van der Waals surface area (Å²) in [4.78, 5) is 4.18. The van der Waals surface area contributed by atoms with E-state index in [1.54, 1.807) is 42.7 Å². The molecule has 1 aliphatic rings. The van der Waals surface area contributed by atoms with Crippen molar-refractivity contribution in [3.05, 3.63) is 59.9 Å². The summed E-state index contributed by atoms with van der Waals surface area (Å²) in [5, 5.41) is 2.11. The van der Waals surface area contributed by atoms with E-state index in [9.17, 15) is 16.8 Å². The van der Waals surface area contributed by atoms with Gasteiger partial charge in [-0.2, -0.15) is 0 Å². The molecule has 2 atom stereocenters. The van der Waals surface area contributed by atoms with E-state index in [0.29, 0.717) is 6.54 Å². The minimum Gasteiger partial charge on any atom is -0.308 e. The lowest BCUT2D eigenvalue weighted by atomic mass is 10.2. The summed E-state index contributed by atoms with van der Waals surface area (Å²) in [6.45, 7) is 2.36. The van der Waals surface area contributed by atoms with Crippen molar-refractivity contribution in [1.29, 1.82) is 0 Å². The molecule has 0 saturated carbocycles. The highest BCUT2D eigenvalue weighted by Gasteiger charge is 2.45. The molecule has 1 aromatic heterocycles. The molecule has 0 radical (unpaired) electrons. The summed E-state index contributed by atoms with van der Waals surface area (Å²) >= 11 is 0. The molecule has 6 nitrogen and oxygen atoms in total. The topological polar surface area (TPSA) is 93.2 Å². The van der Waals surface area contributed by atoms with Gasteiger partial charge in [-0.25, -0.2) is 16.8 Å². The quantitative estimate of drug-likeness (QED) is 0.795. The van der Waals surface area contributed by atoms with Crippen LogP contribution in [0.25, 0.3) is 0 Å². The van der Waals surface area contributed by atoms with Gasteiger partial charge in [0.1, 0.15) is 0 Å². The van der Waals surface area contributed by atoms with E-state index >= 15 is 0 Å². The van der Waals surface area contributed by atoms with Gasteiger partial charge in [-0.1, -0.05) is 25.1 Å². The summed E-state index contributed by atoms with van der Waals surface area (Å²) in [7, 11) is -7.16. The van der Waals surface area contributed by atoms with Crippen molar-refractivity contribution < 1.29 is 16.8 Å². The molecule has 1 fully saturated rings. The van der Waals surface area contributed by atoms with Crippen LogP contribution in [0.3, 0.4) is 0 Å². The lowest BCUT2D eigenvalue weighted by Gasteiger charge is -2.20. The van der Waals surface area contributed by atoms with Crippen molar-refractivity contribution in [1.82, 2.24) is 10.3 Å².